The zero-order valence-electron chi connectivity index (χ0n) is 17.7. The molecule has 0 saturated carbocycles. The first-order valence-corrected chi connectivity index (χ1v) is 11.7. The number of hydrogen-bond acceptors (Lipinski definition) is 6. The predicted molar refractivity (Wildman–Crippen MR) is 125 cm³/mol. The number of amides is 1. The van der Waals surface area contributed by atoms with E-state index in [4.69, 9.17) is 5.73 Å². The van der Waals surface area contributed by atoms with Crippen molar-refractivity contribution in [1.29, 1.82) is 0 Å². The van der Waals surface area contributed by atoms with Crippen LogP contribution in [-0.4, -0.2) is 41.1 Å². The van der Waals surface area contributed by atoms with Crippen molar-refractivity contribution in [3.05, 3.63) is 58.6 Å². The van der Waals surface area contributed by atoms with Gasteiger partial charge in [0.1, 0.15) is 5.01 Å². The van der Waals surface area contributed by atoms with Gasteiger partial charge in [-0.25, -0.2) is 4.98 Å². The summed E-state index contributed by atoms with van der Waals surface area (Å²) in [6.07, 6.45) is 1.71. The van der Waals surface area contributed by atoms with Crippen molar-refractivity contribution in [2.24, 2.45) is 11.1 Å². The molecule has 1 saturated heterocycles. The van der Waals surface area contributed by atoms with Crippen LogP contribution in [0.15, 0.2) is 42.5 Å². The van der Waals surface area contributed by atoms with Crippen molar-refractivity contribution in [3.63, 3.8) is 0 Å². The molecule has 166 valence electrons. The molecule has 2 aromatic carbocycles. The van der Waals surface area contributed by atoms with E-state index in [9.17, 15) is 14.7 Å². The van der Waals surface area contributed by atoms with E-state index in [1.807, 2.05) is 30.3 Å². The van der Waals surface area contributed by atoms with E-state index < -0.39 is 11.4 Å². The largest absolute Gasteiger partial charge is 0.481 e. The molecule has 1 aliphatic carbocycles. The van der Waals surface area contributed by atoms with Crippen LogP contribution in [0.4, 0.5) is 5.69 Å². The number of thiazole rings is 1. The molecule has 0 unspecified atom stereocenters. The van der Waals surface area contributed by atoms with Crippen molar-refractivity contribution >= 4 is 39.1 Å². The Bertz CT molecular complexity index is 1170. The second-order valence-corrected chi connectivity index (χ2v) is 10.0. The average molecular weight is 451 g/mol. The minimum Gasteiger partial charge on any atom is -0.481 e. The van der Waals surface area contributed by atoms with Gasteiger partial charge < -0.3 is 21.1 Å². The van der Waals surface area contributed by atoms with Gasteiger partial charge >= 0.3 is 5.97 Å². The van der Waals surface area contributed by atoms with Crippen LogP contribution in [0.25, 0.3) is 10.2 Å². The number of carboxylic acids is 1. The van der Waals surface area contributed by atoms with E-state index in [-0.39, 0.29) is 18.4 Å². The van der Waals surface area contributed by atoms with Gasteiger partial charge in [0.2, 0.25) is 5.91 Å². The molecule has 0 spiro atoms. The summed E-state index contributed by atoms with van der Waals surface area (Å²) in [5.74, 6) is -1.18. The Morgan fingerprint density at radius 3 is 2.62 bits per heavy atom. The van der Waals surface area contributed by atoms with Crippen LogP contribution < -0.4 is 16.0 Å². The van der Waals surface area contributed by atoms with Gasteiger partial charge in [0.15, 0.2) is 0 Å². The molecule has 0 bridgehead atoms. The Hall–Kier alpha value is -2.97. The van der Waals surface area contributed by atoms with Gasteiger partial charge in [0.05, 0.1) is 28.6 Å². The Balaban J connectivity index is 1.31. The molecule has 8 heteroatoms. The van der Waals surface area contributed by atoms with E-state index >= 15 is 0 Å². The fourth-order valence-electron chi connectivity index (χ4n) is 4.95. The van der Waals surface area contributed by atoms with Crippen LogP contribution in [0.3, 0.4) is 0 Å². The lowest BCUT2D eigenvalue weighted by atomic mass is 9.80. The molecule has 1 aliphatic heterocycles. The average Bonchev–Trinajstić information content (AvgIpc) is 3.46. The van der Waals surface area contributed by atoms with Crippen LogP contribution in [0.2, 0.25) is 0 Å². The minimum atomic E-state index is -0.956. The number of benzene rings is 2. The molecule has 5 rings (SSSR count). The van der Waals surface area contributed by atoms with Gasteiger partial charge in [-0.2, -0.15) is 0 Å². The normalized spacial score (nSPS) is 19.3. The van der Waals surface area contributed by atoms with Crippen LogP contribution in [-0.2, 0) is 29.0 Å². The zero-order valence-corrected chi connectivity index (χ0v) is 18.5. The zero-order chi connectivity index (χ0) is 22.3. The van der Waals surface area contributed by atoms with Crippen molar-refractivity contribution in [2.45, 2.75) is 38.3 Å². The first-order valence-electron chi connectivity index (χ1n) is 10.9. The lowest BCUT2D eigenvalue weighted by Crippen LogP contribution is -2.43. The molecule has 1 aromatic heterocycles. The number of aliphatic carboxylic acids is 1. The van der Waals surface area contributed by atoms with Crippen molar-refractivity contribution in [2.75, 3.05) is 18.0 Å². The number of rotatable bonds is 6. The maximum Gasteiger partial charge on any atom is 0.304 e. The molecule has 3 aromatic rings. The number of aromatic nitrogens is 1. The number of carbonyl (C=O) groups excluding carboxylic acids is 1. The number of anilines is 1. The standard InChI is InChI=1S/C24H26N4O3S/c25-17-7-8-28(14-17)18-5-6-19-20(9-18)32-21(27-19)13-26-23(31)24(12-22(29)30)10-15-3-1-2-4-16(15)11-24/h1-6,9,17H,7-8,10-14,25H2,(H,26,31)(H,29,30)/t17-/m1/s1. The van der Waals surface area contributed by atoms with Crippen LogP contribution in [0.5, 0.6) is 0 Å². The summed E-state index contributed by atoms with van der Waals surface area (Å²) >= 11 is 1.56. The second-order valence-electron chi connectivity index (χ2n) is 8.91. The van der Waals surface area contributed by atoms with Crippen LogP contribution in [0.1, 0.15) is 29.0 Å². The highest BCUT2D eigenvalue weighted by molar-refractivity contribution is 7.18. The summed E-state index contributed by atoms with van der Waals surface area (Å²) in [4.78, 5) is 31.7. The topological polar surface area (TPSA) is 109 Å². The number of hydrogen-bond donors (Lipinski definition) is 3. The third-order valence-electron chi connectivity index (χ3n) is 6.55. The van der Waals surface area contributed by atoms with Gasteiger partial charge in [-0.05, 0) is 48.6 Å². The molecular formula is C24H26N4O3S. The van der Waals surface area contributed by atoms with Crippen molar-refractivity contribution in [1.82, 2.24) is 10.3 Å². The Morgan fingerprint density at radius 2 is 1.97 bits per heavy atom. The Kier molecular flexibility index (Phi) is 5.35. The molecule has 1 amide bonds. The van der Waals surface area contributed by atoms with E-state index in [2.05, 4.69) is 27.3 Å². The van der Waals surface area contributed by atoms with Gasteiger partial charge in [-0.1, -0.05) is 24.3 Å². The molecule has 2 heterocycles. The van der Waals surface area contributed by atoms with Gasteiger partial charge in [-0.15, -0.1) is 11.3 Å². The second kappa shape index (κ2) is 8.18. The van der Waals surface area contributed by atoms with E-state index in [0.717, 1.165) is 51.5 Å². The number of nitrogens with zero attached hydrogens (tertiary/aromatic N) is 2. The summed E-state index contributed by atoms with van der Waals surface area (Å²) in [7, 11) is 0. The maximum atomic E-state index is 13.2. The number of nitrogens with two attached hydrogens (primary N) is 1. The Labute approximate surface area is 190 Å². The number of carbonyl (C=O) groups is 2. The molecule has 32 heavy (non-hydrogen) atoms. The summed E-state index contributed by atoms with van der Waals surface area (Å²) in [6, 6.07) is 14.2. The number of fused-ring (bicyclic) bond motifs is 2. The first kappa shape index (κ1) is 20.9. The number of carboxylic acid groups (broad SMARTS) is 1. The van der Waals surface area contributed by atoms with Crippen molar-refractivity contribution in [3.8, 4) is 0 Å². The molecule has 4 N–H and O–H groups in total. The molecule has 1 atom stereocenters. The molecule has 2 aliphatic rings. The smallest absolute Gasteiger partial charge is 0.304 e. The highest BCUT2D eigenvalue weighted by Gasteiger charge is 2.45. The van der Waals surface area contributed by atoms with E-state index in [0.29, 0.717) is 19.4 Å². The highest BCUT2D eigenvalue weighted by Crippen LogP contribution is 2.40. The van der Waals surface area contributed by atoms with E-state index in [1.165, 1.54) is 0 Å². The SMILES string of the molecule is N[C@@H]1CCN(c2ccc3nc(CNC(=O)C4(CC(=O)O)Cc5ccccc5C4)sc3c2)C1. The fourth-order valence-corrected chi connectivity index (χ4v) is 5.89. The summed E-state index contributed by atoms with van der Waals surface area (Å²) < 4.78 is 1.07. The quantitative estimate of drug-likeness (QED) is 0.533. The third-order valence-corrected chi connectivity index (χ3v) is 7.57. The third kappa shape index (κ3) is 3.96. The summed E-state index contributed by atoms with van der Waals surface area (Å²) in [5, 5.41) is 13.3. The number of nitrogens with one attached hydrogen (secondary N) is 1. The van der Waals surface area contributed by atoms with Gasteiger partial charge in [0.25, 0.3) is 0 Å². The van der Waals surface area contributed by atoms with E-state index in [1.54, 1.807) is 11.3 Å². The monoisotopic (exact) mass is 450 g/mol. The maximum absolute atomic E-state index is 13.2. The molecule has 0 radical (unpaired) electrons. The molecule has 7 nitrogen and oxygen atoms in total. The lowest BCUT2D eigenvalue weighted by molar-refractivity contribution is -0.145. The lowest BCUT2D eigenvalue weighted by Gasteiger charge is -2.25. The van der Waals surface area contributed by atoms with Crippen LogP contribution >= 0.6 is 11.3 Å². The molecule has 1 fully saturated rings. The highest BCUT2D eigenvalue weighted by atomic mass is 32.1. The first-order chi connectivity index (χ1) is 15.4. The summed E-state index contributed by atoms with van der Waals surface area (Å²) in [6.45, 7) is 2.11. The Morgan fingerprint density at radius 1 is 1.22 bits per heavy atom. The minimum absolute atomic E-state index is 0.186. The fraction of sp³-hybridized carbons (Fsp3) is 0.375. The van der Waals surface area contributed by atoms with Gasteiger partial charge in [-0.3, -0.25) is 9.59 Å². The van der Waals surface area contributed by atoms with Crippen LogP contribution in [0, 0.1) is 5.41 Å². The molecular weight excluding hydrogens is 424 g/mol. The van der Waals surface area contributed by atoms with Gasteiger partial charge in [0, 0.05) is 24.8 Å². The summed E-state index contributed by atoms with van der Waals surface area (Å²) in [5.41, 5.74) is 9.25. The predicted octanol–water partition coefficient (Wildman–Crippen LogP) is 2.71. The van der Waals surface area contributed by atoms with Crippen molar-refractivity contribution < 1.29 is 14.7 Å².